The summed E-state index contributed by atoms with van der Waals surface area (Å²) in [6, 6.07) is 8.18. The molecular weight excluding hydrogens is 276 g/mol. The average molecular weight is 288 g/mol. The molecule has 2 aromatic carbocycles. The largest absolute Gasteiger partial charge is 0.507 e. The van der Waals surface area contributed by atoms with E-state index in [4.69, 9.17) is 4.74 Å². The fourth-order valence-corrected chi connectivity index (χ4v) is 1.64. The average Bonchev–Trinajstić information content (AvgIpc) is 2.47. The molecular formula is C14H12N2O5. The van der Waals surface area contributed by atoms with Gasteiger partial charge in [-0.15, -0.1) is 0 Å². The molecule has 0 heterocycles. The van der Waals surface area contributed by atoms with Crippen molar-refractivity contribution in [3.63, 3.8) is 0 Å². The Morgan fingerprint density at radius 2 is 1.95 bits per heavy atom. The van der Waals surface area contributed by atoms with Gasteiger partial charge in [0.2, 0.25) is 0 Å². The lowest BCUT2D eigenvalue weighted by Gasteiger charge is -2.03. The standard InChI is InChI=1S/C14H12N2O5/c1-21-11-3-5-13(17)9(6-11)8-15-12-4-2-10(16(19)20)7-14(12)18/h2-8,17-18H,1H3. The van der Waals surface area contributed by atoms with Crippen molar-refractivity contribution in [2.75, 3.05) is 7.11 Å². The number of ether oxygens (including phenoxy) is 1. The van der Waals surface area contributed by atoms with Gasteiger partial charge in [-0.2, -0.15) is 0 Å². The molecule has 0 saturated carbocycles. The van der Waals surface area contributed by atoms with E-state index in [2.05, 4.69) is 4.99 Å². The second-order valence-electron chi connectivity index (χ2n) is 4.11. The first kappa shape index (κ1) is 14.3. The first-order valence-corrected chi connectivity index (χ1v) is 5.89. The fraction of sp³-hybridized carbons (Fsp3) is 0.0714. The van der Waals surface area contributed by atoms with Crippen LogP contribution in [0.25, 0.3) is 0 Å². The number of aromatic hydroxyl groups is 2. The highest BCUT2D eigenvalue weighted by molar-refractivity contribution is 5.86. The summed E-state index contributed by atoms with van der Waals surface area (Å²) in [5.41, 5.74) is 0.325. The number of phenolic OH excluding ortho intramolecular Hbond substituents is 2. The van der Waals surface area contributed by atoms with Crippen LogP contribution in [0, 0.1) is 10.1 Å². The van der Waals surface area contributed by atoms with Crippen molar-refractivity contribution in [3.8, 4) is 17.2 Å². The van der Waals surface area contributed by atoms with Crippen LogP contribution in [-0.4, -0.2) is 28.5 Å². The Labute approximate surface area is 119 Å². The lowest BCUT2D eigenvalue weighted by atomic mass is 10.2. The number of methoxy groups -OCH3 is 1. The van der Waals surface area contributed by atoms with Gasteiger partial charge in [-0.25, -0.2) is 0 Å². The van der Waals surface area contributed by atoms with Gasteiger partial charge in [-0.1, -0.05) is 0 Å². The van der Waals surface area contributed by atoms with Crippen LogP contribution in [0.15, 0.2) is 41.4 Å². The van der Waals surface area contributed by atoms with Crippen LogP contribution in [-0.2, 0) is 0 Å². The van der Waals surface area contributed by atoms with E-state index in [0.717, 1.165) is 6.07 Å². The third-order valence-electron chi connectivity index (χ3n) is 2.75. The number of rotatable bonds is 4. The monoisotopic (exact) mass is 288 g/mol. The van der Waals surface area contributed by atoms with Crippen LogP contribution >= 0.6 is 0 Å². The number of aliphatic imine (C=N–C) groups is 1. The molecule has 0 aliphatic rings. The van der Waals surface area contributed by atoms with Gasteiger partial charge in [-0.05, 0) is 24.3 Å². The van der Waals surface area contributed by atoms with E-state index in [9.17, 15) is 20.3 Å². The molecule has 0 bridgehead atoms. The molecule has 21 heavy (non-hydrogen) atoms. The topological polar surface area (TPSA) is 105 Å². The van der Waals surface area contributed by atoms with Gasteiger partial charge in [0, 0.05) is 17.8 Å². The van der Waals surface area contributed by atoms with E-state index in [1.807, 2.05) is 0 Å². The first-order valence-electron chi connectivity index (χ1n) is 5.89. The van der Waals surface area contributed by atoms with Gasteiger partial charge >= 0.3 is 0 Å². The van der Waals surface area contributed by atoms with E-state index in [1.54, 1.807) is 12.1 Å². The Balaban J connectivity index is 2.31. The molecule has 0 radical (unpaired) electrons. The maximum atomic E-state index is 10.6. The number of hydrogen-bond acceptors (Lipinski definition) is 6. The predicted octanol–water partition coefficient (Wildman–Crippen LogP) is 2.77. The minimum absolute atomic E-state index is 0.000881. The molecule has 7 nitrogen and oxygen atoms in total. The van der Waals surface area contributed by atoms with Crippen molar-refractivity contribution in [2.24, 2.45) is 4.99 Å². The zero-order valence-electron chi connectivity index (χ0n) is 11.1. The van der Waals surface area contributed by atoms with Gasteiger partial charge < -0.3 is 14.9 Å². The Morgan fingerprint density at radius 3 is 2.57 bits per heavy atom. The summed E-state index contributed by atoms with van der Waals surface area (Å²) in [6.45, 7) is 0. The zero-order valence-corrected chi connectivity index (χ0v) is 11.1. The molecule has 0 aromatic heterocycles. The second-order valence-corrected chi connectivity index (χ2v) is 4.11. The van der Waals surface area contributed by atoms with Crippen molar-refractivity contribution < 1.29 is 19.9 Å². The van der Waals surface area contributed by atoms with E-state index >= 15 is 0 Å². The van der Waals surface area contributed by atoms with Crippen molar-refractivity contribution >= 4 is 17.6 Å². The Morgan fingerprint density at radius 1 is 1.19 bits per heavy atom. The molecule has 0 unspecified atom stereocenters. The minimum atomic E-state index is -0.610. The molecule has 0 aliphatic carbocycles. The SMILES string of the molecule is COc1ccc(O)c(C=Nc2ccc([N+](=O)[O-])cc2O)c1. The predicted molar refractivity (Wildman–Crippen MR) is 76.7 cm³/mol. The number of nitro benzene ring substituents is 1. The summed E-state index contributed by atoms with van der Waals surface area (Å²) >= 11 is 0. The molecule has 2 rings (SSSR count). The number of phenols is 2. The summed E-state index contributed by atoms with van der Waals surface area (Å²) in [4.78, 5) is 14.0. The van der Waals surface area contributed by atoms with Crippen LogP contribution in [0.5, 0.6) is 17.2 Å². The number of non-ortho nitro benzene ring substituents is 1. The maximum Gasteiger partial charge on any atom is 0.273 e. The highest BCUT2D eigenvalue weighted by Gasteiger charge is 2.09. The van der Waals surface area contributed by atoms with Crippen LogP contribution in [0.2, 0.25) is 0 Å². The normalized spacial score (nSPS) is 10.7. The summed E-state index contributed by atoms with van der Waals surface area (Å²) < 4.78 is 5.03. The highest BCUT2D eigenvalue weighted by Crippen LogP contribution is 2.30. The molecule has 2 N–H and O–H groups in total. The Bertz CT molecular complexity index is 713. The quantitative estimate of drug-likeness (QED) is 0.511. The molecule has 0 amide bonds. The van der Waals surface area contributed by atoms with E-state index < -0.39 is 4.92 Å². The third-order valence-corrected chi connectivity index (χ3v) is 2.75. The van der Waals surface area contributed by atoms with Crippen LogP contribution in [0.4, 0.5) is 11.4 Å². The summed E-state index contributed by atoms with van der Waals surface area (Å²) in [5.74, 6) is 0.228. The lowest BCUT2D eigenvalue weighted by Crippen LogP contribution is -1.88. The van der Waals surface area contributed by atoms with Gasteiger partial charge in [-0.3, -0.25) is 15.1 Å². The van der Waals surface area contributed by atoms with Crippen molar-refractivity contribution in [1.29, 1.82) is 0 Å². The molecule has 0 fully saturated rings. The molecule has 0 spiro atoms. The van der Waals surface area contributed by atoms with Crippen molar-refractivity contribution in [1.82, 2.24) is 0 Å². The van der Waals surface area contributed by atoms with Crippen LogP contribution in [0.3, 0.4) is 0 Å². The fourth-order valence-electron chi connectivity index (χ4n) is 1.64. The van der Waals surface area contributed by atoms with Gasteiger partial charge in [0.25, 0.3) is 5.69 Å². The van der Waals surface area contributed by atoms with Gasteiger partial charge in [0.1, 0.15) is 22.9 Å². The second kappa shape index (κ2) is 5.91. The molecule has 108 valence electrons. The van der Waals surface area contributed by atoms with Gasteiger partial charge in [0.05, 0.1) is 18.1 Å². The minimum Gasteiger partial charge on any atom is -0.507 e. The number of nitro groups is 1. The summed E-state index contributed by atoms with van der Waals surface area (Å²) in [6.07, 6.45) is 1.33. The number of hydrogen-bond donors (Lipinski definition) is 2. The molecule has 7 heteroatoms. The third kappa shape index (κ3) is 3.27. The lowest BCUT2D eigenvalue weighted by molar-refractivity contribution is -0.384. The van der Waals surface area contributed by atoms with Crippen LogP contribution < -0.4 is 4.74 Å². The molecule has 0 aliphatic heterocycles. The van der Waals surface area contributed by atoms with E-state index in [0.29, 0.717) is 11.3 Å². The number of benzene rings is 2. The Hall–Kier alpha value is -3.09. The number of nitrogens with zero attached hydrogens (tertiary/aromatic N) is 2. The van der Waals surface area contributed by atoms with Crippen LogP contribution in [0.1, 0.15) is 5.56 Å². The maximum absolute atomic E-state index is 10.6. The first-order chi connectivity index (χ1) is 10.0. The van der Waals surface area contributed by atoms with Crippen molar-refractivity contribution in [3.05, 3.63) is 52.1 Å². The molecule has 2 aromatic rings. The van der Waals surface area contributed by atoms with Crippen molar-refractivity contribution in [2.45, 2.75) is 0 Å². The smallest absolute Gasteiger partial charge is 0.273 e. The summed E-state index contributed by atoms with van der Waals surface area (Å²) in [7, 11) is 1.50. The molecule has 0 atom stereocenters. The molecule has 0 saturated heterocycles. The highest BCUT2D eigenvalue weighted by atomic mass is 16.6. The van der Waals surface area contributed by atoms with E-state index in [1.165, 1.54) is 31.5 Å². The van der Waals surface area contributed by atoms with Gasteiger partial charge in [0.15, 0.2) is 0 Å². The Kier molecular flexibility index (Phi) is 4.03. The summed E-state index contributed by atoms with van der Waals surface area (Å²) in [5, 5.41) is 29.9. The van der Waals surface area contributed by atoms with E-state index in [-0.39, 0.29) is 22.9 Å². The zero-order chi connectivity index (χ0) is 15.4.